The Bertz CT molecular complexity index is 611. The Morgan fingerprint density at radius 2 is 2.13 bits per heavy atom. The molecule has 124 valence electrons. The molecule has 1 aromatic carbocycles. The molecule has 1 aromatic heterocycles. The molecule has 0 saturated carbocycles. The summed E-state index contributed by atoms with van der Waals surface area (Å²) in [6.45, 7) is 2.15. The van der Waals surface area contributed by atoms with Crippen molar-refractivity contribution in [3.63, 3.8) is 0 Å². The zero-order chi connectivity index (χ0) is 15.2. The lowest BCUT2D eigenvalue weighted by Crippen LogP contribution is -2.28. The summed E-state index contributed by atoms with van der Waals surface area (Å²) in [5.74, 6) is 1.45. The van der Waals surface area contributed by atoms with Crippen LogP contribution in [0.5, 0.6) is 0 Å². The Hall–Kier alpha value is -1.92. The van der Waals surface area contributed by atoms with Gasteiger partial charge in [0, 0.05) is 17.7 Å². The lowest BCUT2D eigenvalue weighted by atomic mass is 9.93. The van der Waals surface area contributed by atoms with Gasteiger partial charge in [0.05, 0.1) is 0 Å². The SMILES string of the molecule is Cl.O=C(CCC1CCNCC1)Nc1cccc(-c2ncn[nH]2)c1. The topological polar surface area (TPSA) is 82.7 Å². The van der Waals surface area contributed by atoms with Crippen LogP contribution in [-0.4, -0.2) is 34.2 Å². The molecule has 3 rings (SSSR count). The van der Waals surface area contributed by atoms with E-state index in [2.05, 4.69) is 25.8 Å². The fraction of sp³-hybridized carbons (Fsp3) is 0.438. The molecular formula is C16H22ClN5O. The van der Waals surface area contributed by atoms with Crippen LogP contribution in [0.4, 0.5) is 5.69 Å². The fourth-order valence-electron chi connectivity index (χ4n) is 2.82. The summed E-state index contributed by atoms with van der Waals surface area (Å²) in [6.07, 6.45) is 5.37. The van der Waals surface area contributed by atoms with E-state index in [0.29, 0.717) is 18.2 Å². The monoisotopic (exact) mass is 335 g/mol. The van der Waals surface area contributed by atoms with Gasteiger partial charge in [0.2, 0.25) is 5.91 Å². The number of H-pyrrole nitrogens is 1. The maximum Gasteiger partial charge on any atom is 0.224 e. The molecule has 1 saturated heterocycles. The summed E-state index contributed by atoms with van der Waals surface area (Å²) in [5, 5.41) is 13.0. The molecule has 0 bridgehead atoms. The zero-order valence-corrected chi connectivity index (χ0v) is 13.7. The van der Waals surface area contributed by atoms with Crippen molar-refractivity contribution in [2.75, 3.05) is 18.4 Å². The van der Waals surface area contributed by atoms with Crippen LogP contribution in [0.2, 0.25) is 0 Å². The van der Waals surface area contributed by atoms with E-state index in [9.17, 15) is 4.79 Å². The van der Waals surface area contributed by atoms with Gasteiger partial charge in [-0.15, -0.1) is 12.4 Å². The molecule has 23 heavy (non-hydrogen) atoms. The van der Waals surface area contributed by atoms with Crippen LogP contribution in [0.15, 0.2) is 30.6 Å². The molecule has 1 amide bonds. The van der Waals surface area contributed by atoms with Gasteiger partial charge in [-0.05, 0) is 50.4 Å². The van der Waals surface area contributed by atoms with E-state index >= 15 is 0 Å². The van der Waals surface area contributed by atoms with E-state index in [4.69, 9.17) is 0 Å². The number of anilines is 1. The molecule has 2 heterocycles. The van der Waals surface area contributed by atoms with Crippen molar-refractivity contribution in [1.29, 1.82) is 0 Å². The summed E-state index contributed by atoms with van der Waals surface area (Å²) in [4.78, 5) is 16.2. The molecule has 0 atom stereocenters. The quantitative estimate of drug-likeness (QED) is 0.784. The van der Waals surface area contributed by atoms with Crippen molar-refractivity contribution in [1.82, 2.24) is 20.5 Å². The minimum absolute atomic E-state index is 0. The molecule has 6 nitrogen and oxygen atoms in total. The van der Waals surface area contributed by atoms with Crippen molar-refractivity contribution >= 4 is 24.0 Å². The van der Waals surface area contributed by atoms with Gasteiger partial charge in [-0.2, -0.15) is 5.10 Å². The molecule has 0 spiro atoms. The van der Waals surface area contributed by atoms with Crippen molar-refractivity contribution in [3.8, 4) is 11.4 Å². The predicted octanol–water partition coefficient (Wildman–Crippen LogP) is 2.61. The number of amides is 1. The molecule has 1 fully saturated rings. The lowest BCUT2D eigenvalue weighted by molar-refractivity contribution is -0.116. The van der Waals surface area contributed by atoms with E-state index in [1.807, 2.05) is 24.3 Å². The van der Waals surface area contributed by atoms with Crippen LogP contribution >= 0.6 is 12.4 Å². The zero-order valence-electron chi connectivity index (χ0n) is 12.9. The number of rotatable bonds is 5. The van der Waals surface area contributed by atoms with E-state index in [-0.39, 0.29) is 18.3 Å². The average Bonchev–Trinajstić information content (AvgIpc) is 3.09. The third-order valence-electron chi connectivity index (χ3n) is 4.07. The van der Waals surface area contributed by atoms with Gasteiger partial charge in [-0.3, -0.25) is 9.89 Å². The van der Waals surface area contributed by atoms with Crippen molar-refractivity contribution in [3.05, 3.63) is 30.6 Å². The van der Waals surface area contributed by atoms with Crippen molar-refractivity contribution < 1.29 is 4.79 Å². The second kappa shape index (κ2) is 8.64. The number of piperidine rings is 1. The van der Waals surface area contributed by atoms with Gasteiger partial charge in [-0.1, -0.05) is 12.1 Å². The van der Waals surface area contributed by atoms with Gasteiger partial charge < -0.3 is 10.6 Å². The largest absolute Gasteiger partial charge is 0.326 e. The normalized spacial score (nSPS) is 15.0. The summed E-state index contributed by atoms with van der Waals surface area (Å²) < 4.78 is 0. The van der Waals surface area contributed by atoms with E-state index < -0.39 is 0 Å². The first kappa shape index (κ1) is 17.4. The minimum Gasteiger partial charge on any atom is -0.326 e. The summed E-state index contributed by atoms with van der Waals surface area (Å²) in [7, 11) is 0. The summed E-state index contributed by atoms with van der Waals surface area (Å²) >= 11 is 0. The van der Waals surface area contributed by atoms with E-state index in [1.54, 1.807) is 0 Å². The van der Waals surface area contributed by atoms with Gasteiger partial charge >= 0.3 is 0 Å². The number of halogens is 1. The smallest absolute Gasteiger partial charge is 0.224 e. The first-order valence-electron chi connectivity index (χ1n) is 7.77. The fourth-order valence-corrected chi connectivity index (χ4v) is 2.82. The molecule has 0 unspecified atom stereocenters. The molecule has 2 aromatic rings. The molecule has 0 radical (unpaired) electrons. The highest BCUT2D eigenvalue weighted by atomic mass is 35.5. The number of carbonyl (C=O) groups is 1. The number of aromatic nitrogens is 3. The Labute approximate surface area is 141 Å². The average molecular weight is 336 g/mol. The third kappa shape index (κ3) is 5.04. The molecule has 1 aliphatic rings. The van der Waals surface area contributed by atoms with Gasteiger partial charge in [0.1, 0.15) is 6.33 Å². The molecule has 3 N–H and O–H groups in total. The molecule has 1 aliphatic heterocycles. The highest BCUT2D eigenvalue weighted by molar-refractivity contribution is 5.91. The van der Waals surface area contributed by atoms with Crippen LogP contribution < -0.4 is 10.6 Å². The molecule has 7 heteroatoms. The third-order valence-corrected chi connectivity index (χ3v) is 4.07. The molecule has 0 aliphatic carbocycles. The maximum atomic E-state index is 12.1. The van der Waals surface area contributed by atoms with Crippen LogP contribution in [0, 0.1) is 5.92 Å². The number of hydrogen-bond donors (Lipinski definition) is 3. The van der Waals surface area contributed by atoms with Crippen LogP contribution in [0.3, 0.4) is 0 Å². The number of nitrogens with zero attached hydrogens (tertiary/aromatic N) is 2. The van der Waals surface area contributed by atoms with Gasteiger partial charge in [0.25, 0.3) is 0 Å². The number of aromatic amines is 1. The van der Waals surface area contributed by atoms with E-state index in [1.165, 1.54) is 19.2 Å². The Balaban J connectivity index is 0.00000192. The second-order valence-corrected chi connectivity index (χ2v) is 5.70. The Morgan fingerprint density at radius 3 is 2.87 bits per heavy atom. The molecular weight excluding hydrogens is 314 g/mol. The Kier molecular flexibility index (Phi) is 6.55. The summed E-state index contributed by atoms with van der Waals surface area (Å²) in [6, 6.07) is 7.64. The first-order valence-corrected chi connectivity index (χ1v) is 7.77. The number of hydrogen-bond acceptors (Lipinski definition) is 4. The first-order chi connectivity index (χ1) is 10.8. The van der Waals surface area contributed by atoms with Crippen LogP contribution in [-0.2, 0) is 4.79 Å². The standard InChI is InChI=1S/C16H21N5O.ClH/c22-15(5-4-12-6-8-17-9-7-12)20-14-3-1-2-13(10-14)16-18-11-19-21-16;/h1-3,10-12,17H,4-9H2,(H,20,22)(H,18,19,21);1H. The van der Waals surface area contributed by atoms with Crippen LogP contribution in [0.1, 0.15) is 25.7 Å². The van der Waals surface area contributed by atoms with Gasteiger partial charge in [-0.25, -0.2) is 4.98 Å². The number of carbonyl (C=O) groups excluding carboxylic acids is 1. The summed E-state index contributed by atoms with van der Waals surface area (Å²) in [5.41, 5.74) is 1.71. The number of nitrogens with one attached hydrogen (secondary N) is 3. The van der Waals surface area contributed by atoms with E-state index in [0.717, 1.165) is 30.8 Å². The van der Waals surface area contributed by atoms with Crippen molar-refractivity contribution in [2.24, 2.45) is 5.92 Å². The highest BCUT2D eigenvalue weighted by Gasteiger charge is 2.14. The van der Waals surface area contributed by atoms with Crippen LogP contribution in [0.25, 0.3) is 11.4 Å². The number of benzene rings is 1. The van der Waals surface area contributed by atoms with Crippen molar-refractivity contribution in [2.45, 2.75) is 25.7 Å². The lowest BCUT2D eigenvalue weighted by Gasteiger charge is -2.22. The second-order valence-electron chi connectivity index (χ2n) is 5.70. The predicted molar refractivity (Wildman–Crippen MR) is 92.5 cm³/mol. The highest BCUT2D eigenvalue weighted by Crippen LogP contribution is 2.20. The minimum atomic E-state index is 0. The Morgan fingerprint density at radius 1 is 1.30 bits per heavy atom. The van der Waals surface area contributed by atoms with Gasteiger partial charge in [0.15, 0.2) is 5.82 Å². The maximum absolute atomic E-state index is 12.1.